The molecular formula is C13H18F2N2O2S. The van der Waals surface area contributed by atoms with E-state index in [1.165, 1.54) is 0 Å². The lowest BCUT2D eigenvalue weighted by Crippen LogP contribution is -2.37. The van der Waals surface area contributed by atoms with E-state index < -0.39 is 26.6 Å². The van der Waals surface area contributed by atoms with E-state index in [1.807, 2.05) is 0 Å². The normalized spacial score (nSPS) is 18.4. The highest BCUT2D eigenvalue weighted by Crippen LogP contribution is 2.29. The minimum absolute atomic E-state index is 0.127. The second-order valence-electron chi connectivity index (χ2n) is 5.27. The van der Waals surface area contributed by atoms with E-state index in [2.05, 4.69) is 4.72 Å². The molecule has 1 atom stereocenters. The van der Waals surface area contributed by atoms with Crippen molar-refractivity contribution >= 4 is 15.7 Å². The molecule has 0 heterocycles. The fourth-order valence-corrected chi connectivity index (χ4v) is 4.07. The van der Waals surface area contributed by atoms with E-state index in [0.717, 1.165) is 37.8 Å². The maximum absolute atomic E-state index is 13.7. The molecule has 1 unspecified atom stereocenters. The molecule has 3 N–H and O–H groups in total. The van der Waals surface area contributed by atoms with Crippen LogP contribution in [0.2, 0.25) is 0 Å². The second-order valence-corrected chi connectivity index (χ2v) is 6.95. The molecule has 1 saturated carbocycles. The molecule has 1 aromatic rings. The SMILES string of the molecule is CC(NS(=O)(=O)c1cc(N)cc(F)c1F)C1CCCC1. The Hall–Kier alpha value is -1.21. The van der Waals surface area contributed by atoms with Gasteiger partial charge in [0.2, 0.25) is 10.0 Å². The first-order chi connectivity index (χ1) is 9.31. The fourth-order valence-electron chi connectivity index (χ4n) is 2.64. The molecule has 0 amide bonds. The summed E-state index contributed by atoms with van der Waals surface area (Å²) in [4.78, 5) is -0.736. The van der Waals surface area contributed by atoms with Crippen molar-refractivity contribution in [3.8, 4) is 0 Å². The summed E-state index contributed by atoms with van der Waals surface area (Å²) in [6.07, 6.45) is 4.02. The summed E-state index contributed by atoms with van der Waals surface area (Å²) < 4.78 is 53.6. The molecule has 1 aliphatic rings. The molecule has 4 nitrogen and oxygen atoms in total. The number of hydrogen-bond acceptors (Lipinski definition) is 3. The Labute approximate surface area is 117 Å². The molecule has 0 spiro atoms. The standard InChI is InChI=1S/C13H18F2N2O2S/c1-8(9-4-2-3-5-9)17-20(18,19)12-7-10(16)6-11(14)13(12)15/h6-9,17H,2-5,16H2,1H3. The average Bonchev–Trinajstić information content (AvgIpc) is 2.86. The number of nitrogens with one attached hydrogen (secondary N) is 1. The lowest BCUT2D eigenvalue weighted by Gasteiger charge is -2.20. The Balaban J connectivity index is 2.26. The third-order valence-corrected chi connectivity index (χ3v) is 5.31. The van der Waals surface area contributed by atoms with Gasteiger partial charge in [-0.1, -0.05) is 12.8 Å². The predicted molar refractivity (Wildman–Crippen MR) is 72.5 cm³/mol. The van der Waals surface area contributed by atoms with E-state index in [0.29, 0.717) is 0 Å². The molecule has 1 fully saturated rings. The summed E-state index contributed by atoms with van der Waals surface area (Å²) in [6, 6.07) is 1.38. The number of nitrogen functional groups attached to an aromatic ring is 1. The average molecular weight is 304 g/mol. The summed E-state index contributed by atoms with van der Waals surface area (Å²) in [5, 5.41) is 0. The predicted octanol–water partition coefficient (Wildman–Crippen LogP) is 2.40. The van der Waals surface area contributed by atoms with E-state index >= 15 is 0 Å². The Kier molecular flexibility index (Phi) is 4.29. The van der Waals surface area contributed by atoms with Crippen LogP contribution < -0.4 is 10.5 Å². The Morgan fingerprint density at radius 3 is 2.50 bits per heavy atom. The number of rotatable bonds is 4. The van der Waals surface area contributed by atoms with Crippen LogP contribution in [0.5, 0.6) is 0 Å². The number of halogens is 2. The summed E-state index contributed by atoms with van der Waals surface area (Å²) in [6.45, 7) is 1.74. The van der Waals surface area contributed by atoms with Gasteiger partial charge in [-0.25, -0.2) is 21.9 Å². The molecule has 1 aromatic carbocycles. The minimum atomic E-state index is -4.12. The minimum Gasteiger partial charge on any atom is -0.399 e. The van der Waals surface area contributed by atoms with Crippen molar-refractivity contribution in [2.75, 3.05) is 5.73 Å². The van der Waals surface area contributed by atoms with Crippen molar-refractivity contribution in [2.24, 2.45) is 5.92 Å². The van der Waals surface area contributed by atoms with Crippen LogP contribution >= 0.6 is 0 Å². The highest BCUT2D eigenvalue weighted by atomic mass is 32.2. The quantitative estimate of drug-likeness (QED) is 0.839. The molecule has 1 aliphatic carbocycles. The summed E-state index contributed by atoms with van der Waals surface area (Å²) >= 11 is 0. The Morgan fingerprint density at radius 2 is 1.90 bits per heavy atom. The van der Waals surface area contributed by atoms with Gasteiger partial charge in [0.1, 0.15) is 4.90 Å². The third-order valence-electron chi connectivity index (χ3n) is 3.75. The van der Waals surface area contributed by atoms with Crippen LogP contribution in [0.3, 0.4) is 0 Å². The summed E-state index contributed by atoms with van der Waals surface area (Å²) in [7, 11) is -4.12. The summed E-state index contributed by atoms with van der Waals surface area (Å²) in [5.74, 6) is -2.43. The van der Waals surface area contributed by atoms with Gasteiger partial charge in [-0.15, -0.1) is 0 Å². The molecule has 20 heavy (non-hydrogen) atoms. The zero-order valence-electron chi connectivity index (χ0n) is 11.2. The highest BCUT2D eigenvalue weighted by Gasteiger charge is 2.28. The Bertz CT molecular complexity index is 599. The second kappa shape index (κ2) is 5.65. The van der Waals surface area contributed by atoms with Crippen LogP contribution in [0.15, 0.2) is 17.0 Å². The van der Waals surface area contributed by atoms with E-state index in [-0.39, 0.29) is 17.6 Å². The Morgan fingerprint density at radius 1 is 1.30 bits per heavy atom. The van der Waals surface area contributed by atoms with Crippen LogP contribution in [0, 0.1) is 17.6 Å². The molecule has 0 aliphatic heterocycles. The van der Waals surface area contributed by atoms with Crippen LogP contribution in [0.25, 0.3) is 0 Å². The van der Waals surface area contributed by atoms with Gasteiger partial charge >= 0.3 is 0 Å². The zero-order chi connectivity index (χ0) is 14.9. The van der Waals surface area contributed by atoms with Gasteiger partial charge in [0.25, 0.3) is 0 Å². The maximum atomic E-state index is 13.7. The van der Waals surface area contributed by atoms with E-state index in [1.54, 1.807) is 6.92 Å². The topological polar surface area (TPSA) is 72.2 Å². The van der Waals surface area contributed by atoms with Crippen molar-refractivity contribution < 1.29 is 17.2 Å². The van der Waals surface area contributed by atoms with Crippen LogP contribution in [-0.2, 0) is 10.0 Å². The lowest BCUT2D eigenvalue weighted by molar-refractivity contribution is 0.421. The molecule has 0 bridgehead atoms. The first-order valence-corrected chi connectivity index (χ1v) is 8.06. The maximum Gasteiger partial charge on any atom is 0.243 e. The number of benzene rings is 1. The van der Waals surface area contributed by atoms with E-state index in [9.17, 15) is 17.2 Å². The van der Waals surface area contributed by atoms with Crippen LogP contribution in [0.1, 0.15) is 32.6 Å². The van der Waals surface area contributed by atoms with Crippen molar-refractivity contribution in [1.82, 2.24) is 4.72 Å². The monoisotopic (exact) mass is 304 g/mol. The van der Waals surface area contributed by atoms with Gasteiger partial charge in [0, 0.05) is 11.7 Å². The van der Waals surface area contributed by atoms with Gasteiger partial charge < -0.3 is 5.73 Å². The molecule has 7 heteroatoms. The van der Waals surface area contributed by atoms with Crippen molar-refractivity contribution in [3.05, 3.63) is 23.8 Å². The number of nitrogens with two attached hydrogens (primary N) is 1. The van der Waals surface area contributed by atoms with Crippen LogP contribution in [-0.4, -0.2) is 14.5 Å². The smallest absolute Gasteiger partial charge is 0.243 e. The zero-order valence-corrected chi connectivity index (χ0v) is 12.0. The molecule has 0 saturated heterocycles. The van der Waals surface area contributed by atoms with Gasteiger partial charge in [-0.2, -0.15) is 0 Å². The first-order valence-electron chi connectivity index (χ1n) is 6.58. The van der Waals surface area contributed by atoms with Crippen molar-refractivity contribution in [3.63, 3.8) is 0 Å². The van der Waals surface area contributed by atoms with Crippen molar-refractivity contribution in [2.45, 2.75) is 43.5 Å². The summed E-state index contributed by atoms with van der Waals surface area (Å²) in [5.41, 5.74) is 5.25. The number of hydrogen-bond donors (Lipinski definition) is 2. The van der Waals surface area contributed by atoms with Gasteiger partial charge in [-0.05, 0) is 37.8 Å². The fraction of sp³-hybridized carbons (Fsp3) is 0.538. The highest BCUT2D eigenvalue weighted by molar-refractivity contribution is 7.89. The van der Waals surface area contributed by atoms with E-state index in [4.69, 9.17) is 5.73 Å². The largest absolute Gasteiger partial charge is 0.399 e. The molecular weight excluding hydrogens is 286 g/mol. The molecule has 2 rings (SSSR count). The van der Waals surface area contributed by atoms with Gasteiger partial charge in [0.15, 0.2) is 11.6 Å². The molecule has 112 valence electrons. The number of anilines is 1. The molecule has 0 aromatic heterocycles. The van der Waals surface area contributed by atoms with Gasteiger partial charge in [-0.3, -0.25) is 0 Å². The molecule has 0 radical (unpaired) electrons. The van der Waals surface area contributed by atoms with Crippen molar-refractivity contribution in [1.29, 1.82) is 0 Å². The van der Waals surface area contributed by atoms with Crippen LogP contribution in [0.4, 0.5) is 14.5 Å². The van der Waals surface area contributed by atoms with Gasteiger partial charge in [0.05, 0.1) is 0 Å². The lowest BCUT2D eigenvalue weighted by atomic mass is 10.0. The third kappa shape index (κ3) is 3.09. The first kappa shape index (κ1) is 15.2. The number of sulfonamides is 1.